The first-order chi connectivity index (χ1) is 14.1. The van der Waals surface area contributed by atoms with Crippen molar-refractivity contribution in [1.82, 2.24) is 14.5 Å². The van der Waals surface area contributed by atoms with Gasteiger partial charge in [-0.05, 0) is 55.7 Å². The third-order valence-corrected chi connectivity index (χ3v) is 5.68. The lowest BCUT2D eigenvalue weighted by atomic mass is 9.88. The maximum absolute atomic E-state index is 13.1. The zero-order chi connectivity index (χ0) is 20.4. The largest absolute Gasteiger partial charge is 0.497 e. The maximum atomic E-state index is 13.1. The molecule has 1 atom stereocenters. The van der Waals surface area contributed by atoms with E-state index in [9.17, 15) is 9.59 Å². The molecule has 2 heterocycles. The van der Waals surface area contributed by atoms with Crippen molar-refractivity contribution < 1.29 is 14.3 Å². The zero-order valence-corrected chi connectivity index (χ0v) is 16.8. The molecule has 1 aliphatic rings. The van der Waals surface area contributed by atoms with E-state index in [1.54, 1.807) is 13.4 Å². The number of para-hydroxylation sites is 2. The lowest BCUT2D eigenvalue weighted by Crippen LogP contribution is -2.43. The summed E-state index contributed by atoms with van der Waals surface area (Å²) in [5, 5.41) is 0. The molecule has 6 nitrogen and oxygen atoms in total. The number of ketones is 1. The van der Waals surface area contributed by atoms with Gasteiger partial charge in [-0.25, -0.2) is 4.98 Å². The van der Waals surface area contributed by atoms with Crippen LogP contribution < -0.4 is 4.74 Å². The Hall–Kier alpha value is -3.15. The second-order valence-electron chi connectivity index (χ2n) is 7.59. The van der Waals surface area contributed by atoms with Crippen molar-refractivity contribution in [2.45, 2.75) is 26.3 Å². The smallest absolute Gasteiger partial charge is 0.242 e. The average molecular weight is 391 g/mol. The third-order valence-electron chi connectivity index (χ3n) is 5.68. The lowest BCUT2D eigenvalue weighted by molar-refractivity contribution is -0.133. The Morgan fingerprint density at radius 2 is 2.03 bits per heavy atom. The summed E-state index contributed by atoms with van der Waals surface area (Å²) in [5.41, 5.74) is 3.44. The Bertz CT molecular complexity index is 1060. The van der Waals surface area contributed by atoms with Crippen LogP contribution in [-0.4, -0.2) is 46.3 Å². The van der Waals surface area contributed by atoms with Gasteiger partial charge in [0.05, 0.1) is 24.5 Å². The molecule has 1 aromatic heterocycles. The van der Waals surface area contributed by atoms with Crippen molar-refractivity contribution in [3.8, 4) is 5.75 Å². The first kappa shape index (κ1) is 19.2. The molecule has 0 radical (unpaired) electrons. The van der Waals surface area contributed by atoms with Gasteiger partial charge >= 0.3 is 0 Å². The van der Waals surface area contributed by atoms with E-state index in [1.807, 2.05) is 58.9 Å². The fraction of sp³-hybridized carbons (Fsp3) is 0.348. The van der Waals surface area contributed by atoms with E-state index in [4.69, 9.17) is 4.74 Å². The van der Waals surface area contributed by atoms with Crippen molar-refractivity contribution in [2.24, 2.45) is 5.92 Å². The highest BCUT2D eigenvalue weighted by molar-refractivity contribution is 5.99. The number of fused-ring (bicyclic) bond motifs is 1. The number of piperidine rings is 1. The van der Waals surface area contributed by atoms with E-state index in [1.165, 1.54) is 0 Å². The zero-order valence-electron chi connectivity index (χ0n) is 16.8. The number of benzene rings is 2. The molecule has 29 heavy (non-hydrogen) atoms. The molecule has 0 spiro atoms. The minimum Gasteiger partial charge on any atom is -0.497 e. The molecular formula is C23H25N3O3. The Labute approximate surface area is 170 Å². The second kappa shape index (κ2) is 8.07. The number of aryl methyl sites for hydroxylation is 1. The first-order valence-corrected chi connectivity index (χ1v) is 9.93. The number of aromatic nitrogens is 2. The van der Waals surface area contributed by atoms with Crippen molar-refractivity contribution in [2.75, 3.05) is 20.2 Å². The Morgan fingerprint density at radius 3 is 2.83 bits per heavy atom. The van der Waals surface area contributed by atoms with Gasteiger partial charge in [0, 0.05) is 24.6 Å². The highest BCUT2D eigenvalue weighted by Crippen LogP contribution is 2.25. The number of hydrogen-bond donors (Lipinski definition) is 0. The molecule has 1 amide bonds. The topological polar surface area (TPSA) is 64.4 Å². The third kappa shape index (κ3) is 3.88. The van der Waals surface area contributed by atoms with Gasteiger partial charge in [0.15, 0.2) is 5.78 Å². The number of amides is 1. The Kier molecular flexibility index (Phi) is 5.34. The van der Waals surface area contributed by atoms with E-state index in [0.717, 1.165) is 35.2 Å². The van der Waals surface area contributed by atoms with E-state index in [2.05, 4.69) is 4.98 Å². The number of likely N-dealkylation sites (tertiary alicyclic amines) is 1. The molecule has 2 aromatic carbocycles. The standard InChI is InChI=1S/C23H25N3O3/c1-16-12-18(29-2)9-10-19(16)23(28)17-6-5-11-25(13-17)22(27)14-26-15-24-20-7-3-4-8-21(20)26/h3-4,7-10,12,15,17H,5-6,11,13-14H2,1-2H3/t17-/m1/s1. The van der Waals surface area contributed by atoms with Crippen LogP contribution in [0.3, 0.4) is 0 Å². The van der Waals surface area contributed by atoms with Crippen LogP contribution in [0.25, 0.3) is 11.0 Å². The number of ether oxygens (including phenoxy) is 1. The van der Waals surface area contributed by atoms with Crippen LogP contribution in [0.4, 0.5) is 0 Å². The molecule has 0 saturated carbocycles. The normalized spacial score (nSPS) is 16.8. The van der Waals surface area contributed by atoms with Crippen LogP contribution in [0.5, 0.6) is 5.75 Å². The van der Waals surface area contributed by atoms with Gasteiger partial charge in [-0.3, -0.25) is 9.59 Å². The summed E-state index contributed by atoms with van der Waals surface area (Å²) < 4.78 is 7.10. The summed E-state index contributed by atoms with van der Waals surface area (Å²) in [6, 6.07) is 13.3. The summed E-state index contributed by atoms with van der Waals surface area (Å²) in [6.45, 7) is 3.32. The molecular weight excluding hydrogens is 366 g/mol. The summed E-state index contributed by atoms with van der Waals surface area (Å²) in [6.07, 6.45) is 3.35. The van der Waals surface area contributed by atoms with Crippen LogP contribution in [0, 0.1) is 12.8 Å². The number of nitrogens with zero attached hydrogens (tertiary/aromatic N) is 3. The number of Topliss-reactive ketones (excluding diaryl/α,β-unsaturated/α-hetero) is 1. The minimum absolute atomic E-state index is 0.0251. The second-order valence-corrected chi connectivity index (χ2v) is 7.59. The number of rotatable bonds is 5. The molecule has 0 unspecified atom stereocenters. The van der Waals surface area contributed by atoms with Gasteiger partial charge in [-0.2, -0.15) is 0 Å². The molecule has 3 aromatic rings. The summed E-state index contributed by atoms with van der Waals surface area (Å²) in [4.78, 5) is 32.2. The monoisotopic (exact) mass is 391 g/mol. The molecule has 4 rings (SSSR count). The minimum atomic E-state index is -0.167. The number of hydrogen-bond acceptors (Lipinski definition) is 4. The predicted octanol–water partition coefficient (Wildman–Crippen LogP) is 3.47. The van der Waals surface area contributed by atoms with Crippen molar-refractivity contribution in [3.05, 3.63) is 59.9 Å². The van der Waals surface area contributed by atoms with Gasteiger partial charge in [0.25, 0.3) is 0 Å². The van der Waals surface area contributed by atoms with Gasteiger partial charge in [-0.15, -0.1) is 0 Å². The van der Waals surface area contributed by atoms with E-state index >= 15 is 0 Å². The fourth-order valence-electron chi connectivity index (χ4n) is 4.06. The van der Waals surface area contributed by atoms with Crippen LogP contribution >= 0.6 is 0 Å². The highest BCUT2D eigenvalue weighted by atomic mass is 16.5. The van der Waals surface area contributed by atoms with Crippen molar-refractivity contribution >= 4 is 22.7 Å². The molecule has 6 heteroatoms. The first-order valence-electron chi connectivity index (χ1n) is 9.93. The molecule has 1 aliphatic heterocycles. The van der Waals surface area contributed by atoms with Crippen LogP contribution in [0.2, 0.25) is 0 Å². The Balaban J connectivity index is 1.46. The van der Waals surface area contributed by atoms with Gasteiger partial charge in [0.2, 0.25) is 5.91 Å². The maximum Gasteiger partial charge on any atom is 0.242 e. The summed E-state index contributed by atoms with van der Waals surface area (Å²) >= 11 is 0. The molecule has 1 saturated heterocycles. The SMILES string of the molecule is COc1ccc(C(=O)[C@@H]2CCCN(C(=O)Cn3cnc4ccccc43)C2)c(C)c1. The van der Waals surface area contributed by atoms with Gasteiger partial charge in [0.1, 0.15) is 12.3 Å². The van der Waals surface area contributed by atoms with Crippen LogP contribution in [0.15, 0.2) is 48.8 Å². The quantitative estimate of drug-likeness (QED) is 0.625. The Morgan fingerprint density at radius 1 is 1.21 bits per heavy atom. The number of carbonyl (C=O) groups excluding carboxylic acids is 2. The lowest BCUT2D eigenvalue weighted by Gasteiger charge is -2.32. The van der Waals surface area contributed by atoms with Gasteiger partial charge < -0.3 is 14.2 Å². The molecule has 0 bridgehead atoms. The number of imidazole rings is 1. The molecule has 0 aliphatic carbocycles. The van der Waals surface area contributed by atoms with Gasteiger partial charge in [-0.1, -0.05) is 12.1 Å². The van der Waals surface area contributed by atoms with Crippen LogP contribution in [-0.2, 0) is 11.3 Å². The van der Waals surface area contributed by atoms with Crippen molar-refractivity contribution in [3.63, 3.8) is 0 Å². The molecule has 0 N–H and O–H groups in total. The van der Waals surface area contributed by atoms with E-state index in [0.29, 0.717) is 18.7 Å². The predicted molar refractivity (Wildman–Crippen MR) is 111 cm³/mol. The molecule has 150 valence electrons. The van der Waals surface area contributed by atoms with E-state index in [-0.39, 0.29) is 24.2 Å². The number of carbonyl (C=O) groups is 2. The summed E-state index contributed by atoms with van der Waals surface area (Å²) in [7, 11) is 1.62. The van der Waals surface area contributed by atoms with Crippen LogP contribution in [0.1, 0.15) is 28.8 Å². The average Bonchev–Trinajstić information content (AvgIpc) is 3.16. The molecule has 1 fully saturated rings. The summed E-state index contributed by atoms with van der Waals surface area (Å²) in [5.74, 6) is 0.708. The van der Waals surface area contributed by atoms with E-state index < -0.39 is 0 Å². The fourth-order valence-corrected chi connectivity index (χ4v) is 4.06. The highest BCUT2D eigenvalue weighted by Gasteiger charge is 2.29. The van der Waals surface area contributed by atoms with Crippen molar-refractivity contribution in [1.29, 1.82) is 0 Å². The number of methoxy groups -OCH3 is 1.